The molecule has 0 spiro atoms. The molecular formula is C7H14S. The van der Waals surface area contributed by atoms with E-state index in [2.05, 4.69) is 19.6 Å². The molecule has 0 radical (unpaired) electrons. The monoisotopic (exact) mass is 130 g/mol. The first-order valence-corrected chi connectivity index (χ1v) is 4.00. The van der Waals surface area contributed by atoms with Crippen molar-refractivity contribution in [3.05, 3.63) is 0 Å². The number of thiol groups is 1. The van der Waals surface area contributed by atoms with Gasteiger partial charge in [0.15, 0.2) is 0 Å². The average molecular weight is 130 g/mol. The highest BCUT2D eigenvalue weighted by Crippen LogP contribution is 2.27. The summed E-state index contributed by atoms with van der Waals surface area (Å²) in [5.74, 6) is 0.868. The van der Waals surface area contributed by atoms with Crippen LogP contribution in [0.3, 0.4) is 0 Å². The second kappa shape index (κ2) is 2.77. The molecule has 0 saturated heterocycles. The smallest absolute Gasteiger partial charge is 0.00424 e. The molecule has 0 aromatic rings. The van der Waals surface area contributed by atoms with Crippen LogP contribution in [0.5, 0.6) is 0 Å². The minimum atomic E-state index is 0.698. The van der Waals surface area contributed by atoms with Crippen molar-refractivity contribution in [3.63, 3.8) is 0 Å². The lowest BCUT2D eigenvalue weighted by atomic mass is 9.90. The highest BCUT2D eigenvalue weighted by molar-refractivity contribution is 7.81. The molecule has 2 atom stereocenters. The zero-order chi connectivity index (χ0) is 5.98. The summed E-state index contributed by atoms with van der Waals surface area (Å²) < 4.78 is 0. The van der Waals surface area contributed by atoms with E-state index in [-0.39, 0.29) is 0 Å². The molecular weight excluding hydrogens is 116 g/mol. The predicted molar refractivity (Wildman–Crippen MR) is 40.4 cm³/mol. The van der Waals surface area contributed by atoms with Crippen LogP contribution in [0.1, 0.15) is 32.6 Å². The molecule has 1 rings (SSSR count). The Kier molecular flexibility index (Phi) is 2.24. The molecule has 48 valence electrons. The molecule has 1 heteroatoms. The topological polar surface area (TPSA) is 0 Å². The Morgan fingerprint density at radius 1 is 1.25 bits per heavy atom. The Morgan fingerprint density at radius 2 is 1.88 bits per heavy atom. The molecule has 1 unspecified atom stereocenters. The predicted octanol–water partition coefficient (Wildman–Crippen LogP) is 2.49. The summed E-state index contributed by atoms with van der Waals surface area (Å²) in [7, 11) is 0. The molecule has 0 aromatic carbocycles. The van der Waals surface area contributed by atoms with E-state index in [0.717, 1.165) is 5.92 Å². The van der Waals surface area contributed by atoms with Crippen molar-refractivity contribution in [1.29, 1.82) is 0 Å². The number of hydrogen-bond acceptors (Lipinski definition) is 1. The lowest BCUT2D eigenvalue weighted by molar-refractivity contribution is 0.399. The quantitative estimate of drug-likeness (QED) is 0.478. The molecule has 8 heavy (non-hydrogen) atoms. The maximum Gasteiger partial charge on any atom is 0.00424 e. The van der Waals surface area contributed by atoms with Crippen LogP contribution in [0.15, 0.2) is 0 Å². The summed E-state index contributed by atoms with van der Waals surface area (Å²) in [4.78, 5) is 0. The summed E-state index contributed by atoms with van der Waals surface area (Å²) in [5.41, 5.74) is 0. The molecule has 0 aromatic heterocycles. The van der Waals surface area contributed by atoms with Gasteiger partial charge in [0.05, 0.1) is 0 Å². The Labute approximate surface area is 57.1 Å². The molecule has 0 N–H and O–H groups in total. The average Bonchev–Trinajstić information content (AvgIpc) is 1.77. The van der Waals surface area contributed by atoms with Gasteiger partial charge in [0, 0.05) is 5.25 Å². The lowest BCUT2D eigenvalue weighted by Gasteiger charge is -2.23. The fourth-order valence-corrected chi connectivity index (χ4v) is 1.63. The second-order valence-corrected chi connectivity index (χ2v) is 3.49. The van der Waals surface area contributed by atoms with Crippen LogP contribution < -0.4 is 0 Å². The molecule has 1 aliphatic carbocycles. The van der Waals surface area contributed by atoms with Gasteiger partial charge in [-0.2, -0.15) is 12.6 Å². The highest BCUT2D eigenvalue weighted by atomic mass is 32.1. The standard InChI is InChI=1S/C7H14S/c1-6-4-2-3-5-7(6)8/h6-8H,2-5H2,1H3/t6?,7-/m1/s1. The van der Waals surface area contributed by atoms with Gasteiger partial charge in [-0.1, -0.05) is 19.8 Å². The molecule has 1 saturated carbocycles. The van der Waals surface area contributed by atoms with Gasteiger partial charge in [-0.05, 0) is 18.8 Å². The van der Waals surface area contributed by atoms with Crippen LogP contribution in [0.4, 0.5) is 0 Å². The van der Waals surface area contributed by atoms with E-state index in [1.165, 1.54) is 25.7 Å². The second-order valence-electron chi connectivity index (χ2n) is 2.83. The van der Waals surface area contributed by atoms with E-state index in [4.69, 9.17) is 0 Å². The number of hydrogen-bond donors (Lipinski definition) is 1. The molecule has 0 aliphatic heterocycles. The Morgan fingerprint density at radius 3 is 2.25 bits per heavy atom. The van der Waals surface area contributed by atoms with E-state index in [9.17, 15) is 0 Å². The summed E-state index contributed by atoms with van der Waals surface area (Å²) in [6.07, 6.45) is 5.56. The van der Waals surface area contributed by atoms with Crippen molar-refractivity contribution in [2.45, 2.75) is 37.9 Å². The van der Waals surface area contributed by atoms with Gasteiger partial charge in [0.25, 0.3) is 0 Å². The lowest BCUT2D eigenvalue weighted by Crippen LogP contribution is -2.15. The minimum Gasteiger partial charge on any atom is -0.176 e. The van der Waals surface area contributed by atoms with Gasteiger partial charge in [-0.15, -0.1) is 0 Å². The Bertz CT molecular complexity index is 60.8. The van der Waals surface area contributed by atoms with Crippen molar-refractivity contribution < 1.29 is 0 Å². The van der Waals surface area contributed by atoms with Crippen molar-refractivity contribution >= 4 is 12.6 Å². The van der Waals surface area contributed by atoms with Crippen LogP contribution >= 0.6 is 12.6 Å². The normalized spacial score (nSPS) is 39.8. The zero-order valence-corrected chi connectivity index (χ0v) is 6.32. The van der Waals surface area contributed by atoms with E-state index < -0.39 is 0 Å². The first kappa shape index (κ1) is 6.47. The molecule has 0 nitrogen and oxygen atoms in total. The first-order chi connectivity index (χ1) is 3.80. The maximum atomic E-state index is 4.46. The fraction of sp³-hybridized carbons (Fsp3) is 1.00. The van der Waals surface area contributed by atoms with Crippen LogP contribution in [-0.2, 0) is 0 Å². The van der Waals surface area contributed by atoms with Crippen LogP contribution in [0, 0.1) is 5.92 Å². The summed E-state index contributed by atoms with van der Waals surface area (Å²) in [5, 5.41) is 0.698. The Balaban J connectivity index is 2.28. The van der Waals surface area contributed by atoms with E-state index >= 15 is 0 Å². The highest BCUT2D eigenvalue weighted by Gasteiger charge is 2.16. The largest absolute Gasteiger partial charge is 0.176 e. The van der Waals surface area contributed by atoms with Crippen molar-refractivity contribution in [2.75, 3.05) is 0 Å². The van der Waals surface area contributed by atoms with Crippen LogP contribution in [-0.4, -0.2) is 5.25 Å². The fourth-order valence-electron chi connectivity index (χ4n) is 1.30. The van der Waals surface area contributed by atoms with Gasteiger partial charge in [-0.25, -0.2) is 0 Å². The van der Waals surface area contributed by atoms with Crippen molar-refractivity contribution in [2.24, 2.45) is 5.92 Å². The molecule has 0 bridgehead atoms. The maximum absolute atomic E-state index is 4.46. The summed E-state index contributed by atoms with van der Waals surface area (Å²) in [6, 6.07) is 0. The zero-order valence-electron chi connectivity index (χ0n) is 5.43. The van der Waals surface area contributed by atoms with E-state index in [1.807, 2.05) is 0 Å². The number of rotatable bonds is 0. The third-order valence-electron chi connectivity index (χ3n) is 2.07. The SMILES string of the molecule is CC1CCCC[C@H]1S. The summed E-state index contributed by atoms with van der Waals surface area (Å²) >= 11 is 4.46. The first-order valence-electron chi connectivity index (χ1n) is 3.49. The Hall–Kier alpha value is 0.350. The van der Waals surface area contributed by atoms with Gasteiger partial charge < -0.3 is 0 Å². The molecule has 0 heterocycles. The van der Waals surface area contributed by atoms with Crippen molar-refractivity contribution in [1.82, 2.24) is 0 Å². The van der Waals surface area contributed by atoms with Gasteiger partial charge >= 0.3 is 0 Å². The third kappa shape index (κ3) is 1.41. The van der Waals surface area contributed by atoms with Gasteiger partial charge in [0.2, 0.25) is 0 Å². The molecule has 1 fully saturated rings. The van der Waals surface area contributed by atoms with Gasteiger partial charge in [-0.3, -0.25) is 0 Å². The van der Waals surface area contributed by atoms with E-state index in [1.54, 1.807) is 0 Å². The summed E-state index contributed by atoms with van der Waals surface area (Å²) in [6.45, 7) is 2.30. The van der Waals surface area contributed by atoms with Crippen LogP contribution in [0.2, 0.25) is 0 Å². The van der Waals surface area contributed by atoms with Crippen molar-refractivity contribution in [3.8, 4) is 0 Å². The van der Waals surface area contributed by atoms with Crippen LogP contribution in [0.25, 0.3) is 0 Å². The third-order valence-corrected chi connectivity index (χ3v) is 2.83. The van der Waals surface area contributed by atoms with E-state index in [0.29, 0.717) is 5.25 Å². The minimum absolute atomic E-state index is 0.698. The molecule has 1 aliphatic rings. The van der Waals surface area contributed by atoms with Gasteiger partial charge in [0.1, 0.15) is 0 Å². The molecule has 0 amide bonds.